The van der Waals surface area contributed by atoms with Crippen LogP contribution >= 0.6 is 0 Å². The number of rotatable bonds is 4. The van der Waals surface area contributed by atoms with E-state index in [1.165, 1.54) is 0 Å². The van der Waals surface area contributed by atoms with Gasteiger partial charge in [-0.25, -0.2) is 0 Å². The highest BCUT2D eigenvalue weighted by Crippen LogP contribution is 2.10. The molecule has 1 saturated heterocycles. The van der Waals surface area contributed by atoms with Gasteiger partial charge in [-0.3, -0.25) is 4.90 Å². The molecule has 0 amide bonds. The number of nitrogens with two attached hydrogens (primary N) is 1. The summed E-state index contributed by atoms with van der Waals surface area (Å²) in [6.07, 6.45) is 2.07. The van der Waals surface area contributed by atoms with Gasteiger partial charge in [0.2, 0.25) is 0 Å². The van der Waals surface area contributed by atoms with Gasteiger partial charge in [-0.2, -0.15) is 0 Å². The first-order valence-corrected chi connectivity index (χ1v) is 6.21. The maximum Gasteiger partial charge on any atom is 0.186 e. The summed E-state index contributed by atoms with van der Waals surface area (Å²) >= 11 is 0. The third-order valence-corrected chi connectivity index (χ3v) is 3.27. The minimum absolute atomic E-state index is 0.128. The molecular weight excluding hydrogens is 232 g/mol. The van der Waals surface area contributed by atoms with Crippen molar-refractivity contribution >= 4 is 5.84 Å². The van der Waals surface area contributed by atoms with Crippen LogP contribution in [0.1, 0.15) is 12.6 Å². The van der Waals surface area contributed by atoms with Crippen LogP contribution in [0.4, 0.5) is 0 Å². The Morgan fingerprint density at radius 3 is 3.22 bits per heavy atom. The second-order valence-electron chi connectivity index (χ2n) is 4.42. The van der Waals surface area contributed by atoms with Crippen LogP contribution in [-0.2, 0) is 11.3 Å². The average molecular weight is 252 g/mol. The fraction of sp³-hybridized carbons (Fsp3) is 0.583. The van der Waals surface area contributed by atoms with Gasteiger partial charge in [0.15, 0.2) is 5.84 Å². The Bertz CT molecular complexity index is 416. The molecule has 18 heavy (non-hydrogen) atoms. The Balaban J connectivity index is 2.03. The number of hydrogen-bond donors (Lipinski definition) is 2. The van der Waals surface area contributed by atoms with E-state index in [0.29, 0.717) is 0 Å². The Morgan fingerprint density at radius 2 is 2.50 bits per heavy atom. The summed E-state index contributed by atoms with van der Waals surface area (Å²) in [4.78, 5) is 2.36. The molecule has 1 atom stereocenters. The molecule has 0 spiro atoms. The van der Waals surface area contributed by atoms with E-state index < -0.39 is 0 Å². The number of likely N-dealkylation sites (N-methyl/N-ethyl adjacent to an activating group) is 1. The Morgan fingerprint density at radius 1 is 1.67 bits per heavy atom. The highest BCUT2D eigenvalue weighted by Gasteiger charge is 2.20. The lowest BCUT2D eigenvalue weighted by Gasteiger charge is -2.32. The van der Waals surface area contributed by atoms with Crippen molar-refractivity contribution in [3.05, 3.63) is 24.0 Å². The molecule has 0 aromatic carbocycles. The average Bonchev–Trinajstić information content (AvgIpc) is 2.86. The van der Waals surface area contributed by atoms with Crippen molar-refractivity contribution in [1.29, 1.82) is 0 Å². The second-order valence-corrected chi connectivity index (χ2v) is 4.42. The predicted molar refractivity (Wildman–Crippen MR) is 68.8 cm³/mol. The second kappa shape index (κ2) is 5.88. The summed E-state index contributed by atoms with van der Waals surface area (Å²) in [6.45, 7) is 6.59. The van der Waals surface area contributed by atoms with Gasteiger partial charge in [0.05, 0.1) is 24.9 Å². The molecule has 100 valence electrons. The SMILES string of the molecule is CCN1CCOC(Cn2cccc2/C(N)=N/O)C1. The molecule has 1 fully saturated rings. The topological polar surface area (TPSA) is 76.0 Å². The molecule has 6 nitrogen and oxygen atoms in total. The summed E-state index contributed by atoms with van der Waals surface area (Å²) in [5.41, 5.74) is 6.34. The molecule has 0 bridgehead atoms. The summed E-state index contributed by atoms with van der Waals surface area (Å²) in [6, 6.07) is 3.71. The van der Waals surface area contributed by atoms with Crippen molar-refractivity contribution in [2.24, 2.45) is 10.9 Å². The normalized spacial score (nSPS) is 22.3. The first kappa shape index (κ1) is 12.9. The summed E-state index contributed by atoms with van der Waals surface area (Å²) in [7, 11) is 0. The molecular formula is C12H20N4O2. The number of nitrogens with zero attached hydrogens (tertiary/aromatic N) is 3. The lowest BCUT2D eigenvalue weighted by molar-refractivity contribution is -0.0343. The van der Waals surface area contributed by atoms with Crippen LogP contribution in [0.25, 0.3) is 0 Å². The zero-order valence-electron chi connectivity index (χ0n) is 10.6. The van der Waals surface area contributed by atoms with E-state index >= 15 is 0 Å². The van der Waals surface area contributed by atoms with Crippen molar-refractivity contribution in [2.75, 3.05) is 26.2 Å². The van der Waals surface area contributed by atoms with Crippen LogP contribution in [-0.4, -0.2) is 52.9 Å². The number of aromatic nitrogens is 1. The molecule has 3 N–H and O–H groups in total. The number of oxime groups is 1. The quantitative estimate of drug-likeness (QED) is 0.350. The van der Waals surface area contributed by atoms with Gasteiger partial charge in [-0.1, -0.05) is 12.1 Å². The van der Waals surface area contributed by atoms with Gasteiger partial charge in [0, 0.05) is 19.3 Å². The fourth-order valence-electron chi connectivity index (χ4n) is 2.25. The Labute approximate surface area is 107 Å². The smallest absolute Gasteiger partial charge is 0.186 e. The predicted octanol–water partition coefficient (Wildman–Crippen LogP) is 0.303. The first-order chi connectivity index (χ1) is 8.74. The lowest BCUT2D eigenvalue weighted by atomic mass is 10.2. The summed E-state index contributed by atoms with van der Waals surface area (Å²) in [5.74, 6) is 0.128. The van der Waals surface area contributed by atoms with Gasteiger partial charge in [0.1, 0.15) is 0 Å². The minimum atomic E-state index is 0.128. The van der Waals surface area contributed by atoms with Crippen LogP contribution in [0.15, 0.2) is 23.5 Å². The van der Waals surface area contributed by atoms with E-state index in [2.05, 4.69) is 17.0 Å². The maximum atomic E-state index is 8.73. The van der Waals surface area contributed by atoms with Crippen molar-refractivity contribution < 1.29 is 9.94 Å². The minimum Gasteiger partial charge on any atom is -0.409 e. The fourth-order valence-corrected chi connectivity index (χ4v) is 2.25. The van der Waals surface area contributed by atoms with Crippen LogP contribution in [0.2, 0.25) is 0 Å². The molecule has 1 aliphatic heterocycles. The number of hydrogen-bond acceptors (Lipinski definition) is 4. The molecule has 0 saturated carbocycles. The largest absolute Gasteiger partial charge is 0.409 e. The molecule has 1 aliphatic rings. The van der Waals surface area contributed by atoms with E-state index in [1.807, 2.05) is 22.9 Å². The highest BCUT2D eigenvalue weighted by molar-refractivity contribution is 5.95. The van der Waals surface area contributed by atoms with Crippen molar-refractivity contribution in [1.82, 2.24) is 9.47 Å². The monoisotopic (exact) mass is 252 g/mol. The molecule has 0 aliphatic carbocycles. The molecule has 6 heteroatoms. The number of amidine groups is 1. The number of ether oxygens (including phenoxy) is 1. The third-order valence-electron chi connectivity index (χ3n) is 3.27. The van der Waals surface area contributed by atoms with Gasteiger partial charge < -0.3 is 20.2 Å². The third kappa shape index (κ3) is 2.83. The van der Waals surface area contributed by atoms with Gasteiger partial charge in [0.25, 0.3) is 0 Å². The summed E-state index contributed by atoms with van der Waals surface area (Å²) < 4.78 is 7.70. The van der Waals surface area contributed by atoms with E-state index in [9.17, 15) is 0 Å². The van der Waals surface area contributed by atoms with E-state index in [0.717, 1.165) is 38.5 Å². The van der Waals surface area contributed by atoms with Crippen LogP contribution in [0.3, 0.4) is 0 Å². The maximum absolute atomic E-state index is 8.73. The van der Waals surface area contributed by atoms with Crippen LogP contribution in [0, 0.1) is 0 Å². The molecule has 1 aromatic heterocycles. The molecule has 1 unspecified atom stereocenters. The van der Waals surface area contributed by atoms with E-state index in [4.69, 9.17) is 15.7 Å². The van der Waals surface area contributed by atoms with Crippen molar-refractivity contribution in [3.63, 3.8) is 0 Å². The zero-order valence-corrected chi connectivity index (χ0v) is 10.6. The highest BCUT2D eigenvalue weighted by atomic mass is 16.5. The zero-order chi connectivity index (χ0) is 13.0. The first-order valence-electron chi connectivity index (χ1n) is 6.21. The molecule has 0 radical (unpaired) electrons. The Hall–Kier alpha value is -1.53. The van der Waals surface area contributed by atoms with E-state index in [1.54, 1.807) is 0 Å². The molecule has 2 heterocycles. The number of morpholine rings is 1. The molecule has 2 rings (SSSR count). The summed E-state index contributed by atoms with van der Waals surface area (Å²) in [5, 5.41) is 11.8. The van der Waals surface area contributed by atoms with Crippen molar-refractivity contribution in [3.8, 4) is 0 Å². The van der Waals surface area contributed by atoms with Gasteiger partial charge in [-0.05, 0) is 18.7 Å². The van der Waals surface area contributed by atoms with Gasteiger partial charge >= 0.3 is 0 Å². The molecule has 1 aromatic rings. The Kier molecular flexibility index (Phi) is 4.22. The standard InChI is InChI=1S/C12H20N4O2/c1-2-15-6-7-18-10(8-15)9-16-5-3-4-11(16)12(13)14-17/h3-5,10,17H,2,6-9H2,1H3,(H2,13,14). The van der Waals surface area contributed by atoms with Crippen LogP contribution in [0.5, 0.6) is 0 Å². The van der Waals surface area contributed by atoms with Crippen molar-refractivity contribution in [2.45, 2.75) is 19.6 Å². The van der Waals surface area contributed by atoms with Crippen LogP contribution < -0.4 is 5.73 Å². The lowest BCUT2D eigenvalue weighted by Crippen LogP contribution is -2.44. The van der Waals surface area contributed by atoms with Gasteiger partial charge in [-0.15, -0.1) is 0 Å². The van der Waals surface area contributed by atoms with E-state index in [-0.39, 0.29) is 11.9 Å².